The maximum absolute atomic E-state index is 9.42. The van der Waals surface area contributed by atoms with Crippen molar-refractivity contribution in [3.63, 3.8) is 0 Å². The summed E-state index contributed by atoms with van der Waals surface area (Å²) < 4.78 is 15.1. The Balaban J connectivity index is 2.52. The predicted molar refractivity (Wildman–Crippen MR) is 43.1 cm³/mol. The zero-order valence-electron chi connectivity index (χ0n) is 7.27. The van der Waals surface area contributed by atoms with Crippen molar-refractivity contribution in [1.29, 1.82) is 0 Å². The average Bonchev–Trinajstić information content (AvgIpc) is 2.29. The number of ether oxygens (including phenoxy) is 3. The van der Waals surface area contributed by atoms with E-state index in [4.69, 9.17) is 22.1 Å². The highest BCUT2D eigenvalue weighted by atomic mass is 16.6. The van der Waals surface area contributed by atoms with Crippen LogP contribution < -0.4 is 0 Å². The maximum atomic E-state index is 9.42. The Labute approximate surface area is 73.2 Å². The molecule has 1 rings (SSSR count). The lowest BCUT2D eigenvalue weighted by molar-refractivity contribution is -0.0404. The second kappa shape index (κ2) is 4.23. The molecule has 1 N–H and O–H groups in total. The summed E-state index contributed by atoms with van der Waals surface area (Å²) in [5.74, 6) is 0. The number of hydrogen-bond donors (Lipinski definition) is 1. The predicted octanol–water partition coefficient (Wildman–Crippen LogP) is -1.10. The molecule has 4 atom stereocenters. The molecule has 68 valence electrons. The molecule has 0 amide bonds. The number of aliphatic hydroxyl groups excluding tert-OH is 1. The maximum Gasteiger partial charge on any atom is 0.113 e. The summed E-state index contributed by atoms with van der Waals surface area (Å²) in [7, 11) is 8.53. The minimum Gasteiger partial charge on any atom is -0.388 e. The zero-order chi connectivity index (χ0) is 9.14. The van der Waals surface area contributed by atoms with Crippen molar-refractivity contribution in [2.24, 2.45) is 0 Å². The molecule has 4 nitrogen and oxygen atoms in total. The first-order chi connectivity index (χ1) is 5.70. The van der Waals surface area contributed by atoms with Crippen molar-refractivity contribution in [3.05, 3.63) is 0 Å². The summed E-state index contributed by atoms with van der Waals surface area (Å²) in [6.45, 7) is 0.378. The molecule has 1 saturated heterocycles. The number of hydrogen-bond acceptors (Lipinski definition) is 4. The van der Waals surface area contributed by atoms with Gasteiger partial charge in [0.2, 0.25) is 0 Å². The van der Waals surface area contributed by atoms with E-state index in [0.717, 1.165) is 0 Å². The Hall–Kier alpha value is -0.0951. The van der Waals surface area contributed by atoms with Gasteiger partial charge in [-0.2, -0.15) is 0 Å². The molecule has 0 aromatic rings. The van der Waals surface area contributed by atoms with Gasteiger partial charge in [0.05, 0.1) is 6.61 Å². The van der Waals surface area contributed by atoms with Gasteiger partial charge in [0.15, 0.2) is 0 Å². The summed E-state index contributed by atoms with van der Waals surface area (Å²) in [5, 5.41) is 9.42. The highest BCUT2D eigenvalue weighted by molar-refractivity contribution is 6.11. The number of aliphatic hydroxyl groups is 1. The molecule has 1 aliphatic heterocycles. The summed E-state index contributed by atoms with van der Waals surface area (Å²) in [6, 6.07) is -0.671. The zero-order valence-corrected chi connectivity index (χ0v) is 7.27. The van der Waals surface area contributed by atoms with E-state index < -0.39 is 12.1 Å². The lowest BCUT2D eigenvalue weighted by atomic mass is 9.93. The van der Waals surface area contributed by atoms with E-state index in [9.17, 15) is 5.11 Å². The molecule has 2 radical (unpaired) electrons. The normalized spacial score (nSPS) is 41.9. The van der Waals surface area contributed by atoms with Crippen LogP contribution in [-0.4, -0.2) is 58.1 Å². The third-order valence-electron chi connectivity index (χ3n) is 1.97. The third kappa shape index (κ3) is 1.80. The van der Waals surface area contributed by atoms with E-state index in [1.165, 1.54) is 7.11 Å². The van der Waals surface area contributed by atoms with Crippen molar-refractivity contribution in [1.82, 2.24) is 0 Å². The minimum absolute atomic E-state index is 0.273. The Morgan fingerprint density at radius 2 is 2.17 bits per heavy atom. The van der Waals surface area contributed by atoms with Crippen molar-refractivity contribution in [2.45, 2.75) is 24.3 Å². The van der Waals surface area contributed by atoms with Gasteiger partial charge in [-0.15, -0.1) is 0 Å². The summed E-state index contributed by atoms with van der Waals surface area (Å²) >= 11 is 0. The van der Waals surface area contributed by atoms with Gasteiger partial charge in [-0.1, -0.05) is 0 Å². The van der Waals surface area contributed by atoms with Crippen molar-refractivity contribution < 1.29 is 19.3 Å². The van der Waals surface area contributed by atoms with Gasteiger partial charge in [0, 0.05) is 20.2 Å². The smallest absolute Gasteiger partial charge is 0.113 e. The van der Waals surface area contributed by atoms with Crippen LogP contribution in [0.5, 0.6) is 0 Å². The Morgan fingerprint density at radius 3 is 2.67 bits per heavy atom. The second-order valence-electron chi connectivity index (χ2n) is 2.79. The highest BCUT2D eigenvalue weighted by Gasteiger charge is 2.40. The van der Waals surface area contributed by atoms with Crippen LogP contribution in [0.3, 0.4) is 0 Å². The average molecular weight is 172 g/mol. The Kier molecular flexibility index (Phi) is 3.52. The minimum atomic E-state index is -0.768. The molecule has 1 heterocycles. The van der Waals surface area contributed by atoms with Crippen LogP contribution in [0.4, 0.5) is 0 Å². The standard InChI is InChI=1S/C7H13BO4/c1-10-3-4-6(11-2)5(9)7(8)12-4/h4-7,9H,3H2,1-2H3/t4-,5-,6-,7-/m1/s1. The largest absolute Gasteiger partial charge is 0.388 e. The fourth-order valence-corrected chi connectivity index (χ4v) is 1.36. The van der Waals surface area contributed by atoms with E-state index in [2.05, 4.69) is 0 Å². The van der Waals surface area contributed by atoms with Gasteiger partial charge in [-0.05, 0) is 0 Å². The van der Waals surface area contributed by atoms with Crippen LogP contribution in [0.2, 0.25) is 0 Å². The Morgan fingerprint density at radius 1 is 1.50 bits per heavy atom. The van der Waals surface area contributed by atoms with Crippen molar-refractivity contribution in [3.8, 4) is 0 Å². The lowest BCUT2D eigenvalue weighted by Crippen LogP contribution is -2.36. The topological polar surface area (TPSA) is 47.9 Å². The molecule has 0 bridgehead atoms. The first-order valence-electron chi connectivity index (χ1n) is 3.81. The third-order valence-corrected chi connectivity index (χ3v) is 1.97. The number of rotatable bonds is 3. The van der Waals surface area contributed by atoms with Gasteiger partial charge >= 0.3 is 0 Å². The fourth-order valence-electron chi connectivity index (χ4n) is 1.36. The van der Waals surface area contributed by atoms with Gasteiger partial charge in [-0.3, -0.25) is 0 Å². The second-order valence-corrected chi connectivity index (χ2v) is 2.79. The first-order valence-corrected chi connectivity index (χ1v) is 3.81. The van der Waals surface area contributed by atoms with E-state index >= 15 is 0 Å². The van der Waals surface area contributed by atoms with Crippen LogP contribution in [0.1, 0.15) is 0 Å². The molecular weight excluding hydrogens is 159 g/mol. The van der Waals surface area contributed by atoms with Gasteiger partial charge in [0.1, 0.15) is 26.2 Å². The molecular formula is C7H13BO4. The van der Waals surface area contributed by atoms with Crippen molar-refractivity contribution in [2.75, 3.05) is 20.8 Å². The molecule has 5 heteroatoms. The molecule has 0 aromatic heterocycles. The van der Waals surface area contributed by atoms with Gasteiger partial charge in [0.25, 0.3) is 0 Å². The lowest BCUT2D eigenvalue weighted by Gasteiger charge is -2.17. The first kappa shape index (κ1) is 9.99. The van der Waals surface area contributed by atoms with Crippen LogP contribution in [0, 0.1) is 0 Å². The van der Waals surface area contributed by atoms with Gasteiger partial charge < -0.3 is 19.3 Å². The molecule has 12 heavy (non-hydrogen) atoms. The highest BCUT2D eigenvalue weighted by Crippen LogP contribution is 2.21. The van der Waals surface area contributed by atoms with Crippen LogP contribution in [0.15, 0.2) is 0 Å². The van der Waals surface area contributed by atoms with E-state index in [1.807, 2.05) is 0 Å². The summed E-state index contributed by atoms with van der Waals surface area (Å²) in [4.78, 5) is 0. The monoisotopic (exact) mass is 172 g/mol. The SMILES string of the molecule is [B][C@@H]1O[C@H](COC)[C@@H](OC)[C@H]1O. The van der Waals surface area contributed by atoms with E-state index in [1.54, 1.807) is 7.11 Å². The molecule has 0 aromatic carbocycles. The molecule has 0 aliphatic carbocycles. The molecule has 0 saturated carbocycles. The fraction of sp³-hybridized carbons (Fsp3) is 1.00. The van der Waals surface area contributed by atoms with E-state index in [0.29, 0.717) is 6.61 Å². The van der Waals surface area contributed by atoms with Crippen LogP contribution >= 0.6 is 0 Å². The molecule has 0 spiro atoms. The summed E-state index contributed by atoms with van der Waals surface area (Å²) in [5.41, 5.74) is 0. The molecule has 1 aliphatic rings. The van der Waals surface area contributed by atoms with Crippen molar-refractivity contribution >= 4 is 7.85 Å². The van der Waals surface area contributed by atoms with Crippen LogP contribution in [-0.2, 0) is 14.2 Å². The number of methoxy groups -OCH3 is 2. The quantitative estimate of drug-likeness (QED) is 0.549. The van der Waals surface area contributed by atoms with E-state index in [-0.39, 0.29) is 12.2 Å². The Bertz CT molecular complexity index is 143. The van der Waals surface area contributed by atoms with Gasteiger partial charge in [-0.25, -0.2) is 0 Å². The van der Waals surface area contributed by atoms with Crippen LogP contribution in [0.25, 0.3) is 0 Å². The molecule has 1 fully saturated rings. The molecule has 0 unspecified atom stereocenters. The summed E-state index contributed by atoms with van der Waals surface area (Å²) in [6.07, 6.45) is -1.43.